The Bertz CT molecular complexity index is 656. The summed E-state index contributed by atoms with van der Waals surface area (Å²) in [5.74, 6) is -1.24. The predicted molar refractivity (Wildman–Crippen MR) is 77.7 cm³/mol. The minimum absolute atomic E-state index is 0.117. The maximum absolute atomic E-state index is 13.3. The van der Waals surface area contributed by atoms with Gasteiger partial charge in [-0.1, -0.05) is 12.1 Å². The zero-order valence-corrected chi connectivity index (χ0v) is 11.8. The number of hydrogen-bond donors (Lipinski definition) is 1. The Morgan fingerprint density at radius 3 is 2.29 bits per heavy atom. The molecule has 0 spiro atoms. The Labute approximate surface area is 122 Å². The highest BCUT2D eigenvalue weighted by Crippen LogP contribution is 2.23. The van der Waals surface area contributed by atoms with Gasteiger partial charge in [-0.3, -0.25) is 4.79 Å². The Kier molecular flexibility index (Phi) is 4.21. The minimum Gasteiger partial charge on any atom is -0.398 e. The second-order valence-electron chi connectivity index (χ2n) is 4.88. The Morgan fingerprint density at radius 2 is 1.67 bits per heavy atom. The summed E-state index contributed by atoms with van der Waals surface area (Å²) in [5, 5.41) is 0. The fourth-order valence-electron chi connectivity index (χ4n) is 2.04. The number of halogens is 2. The molecule has 0 saturated carbocycles. The van der Waals surface area contributed by atoms with Crippen molar-refractivity contribution in [1.29, 1.82) is 0 Å². The highest BCUT2D eigenvalue weighted by Gasteiger charge is 2.21. The summed E-state index contributed by atoms with van der Waals surface area (Å²) in [6.07, 6.45) is 0. The fourth-order valence-corrected chi connectivity index (χ4v) is 2.04. The van der Waals surface area contributed by atoms with Crippen molar-refractivity contribution in [2.24, 2.45) is 0 Å². The van der Waals surface area contributed by atoms with Crippen LogP contribution < -0.4 is 5.73 Å². The van der Waals surface area contributed by atoms with Gasteiger partial charge in [0, 0.05) is 12.7 Å². The van der Waals surface area contributed by atoms with Crippen LogP contribution >= 0.6 is 0 Å². The van der Waals surface area contributed by atoms with Crippen molar-refractivity contribution in [3.8, 4) is 0 Å². The average Bonchev–Trinajstić information content (AvgIpc) is 2.48. The zero-order valence-electron chi connectivity index (χ0n) is 11.8. The van der Waals surface area contributed by atoms with E-state index in [1.807, 2.05) is 0 Å². The summed E-state index contributed by atoms with van der Waals surface area (Å²) >= 11 is 0. The van der Waals surface area contributed by atoms with Gasteiger partial charge in [0.2, 0.25) is 0 Å². The maximum atomic E-state index is 13.3. The third kappa shape index (κ3) is 3.18. The number of rotatable bonds is 3. The molecule has 0 aliphatic rings. The molecule has 1 unspecified atom stereocenters. The van der Waals surface area contributed by atoms with Gasteiger partial charge in [0.25, 0.3) is 5.91 Å². The zero-order chi connectivity index (χ0) is 15.6. The van der Waals surface area contributed by atoms with Crippen molar-refractivity contribution in [2.75, 3.05) is 12.8 Å². The van der Waals surface area contributed by atoms with Crippen LogP contribution in [0.2, 0.25) is 0 Å². The molecule has 5 heteroatoms. The van der Waals surface area contributed by atoms with E-state index in [9.17, 15) is 13.6 Å². The molecule has 0 aromatic heterocycles. The number of benzene rings is 2. The molecule has 2 rings (SSSR count). The highest BCUT2D eigenvalue weighted by atomic mass is 19.1. The largest absolute Gasteiger partial charge is 0.398 e. The quantitative estimate of drug-likeness (QED) is 0.881. The number of nitrogens with two attached hydrogens (primary N) is 1. The van der Waals surface area contributed by atoms with E-state index in [2.05, 4.69) is 0 Å². The van der Waals surface area contributed by atoms with Gasteiger partial charge >= 0.3 is 0 Å². The SMILES string of the molecule is CC(c1ccc(F)cc1)N(C)C(=O)c1cc(F)ccc1N. The van der Waals surface area contributed by atoms with Crippen LogP contribution in [0.15, 0.2) is 42.5 Å². The molecule has 0 saturated heterocycles. The van der Waals surface area contributed by atoms with E-state index < -0.39 is 5.82 Å². The first kappa shape index (κ1) is 15.0. The molecule has 0 aliphatic heterocycles. The molecule has 2 N–H and O–H groups in total. The van der Waals surface area contributed by atoms with Crippen LogP contribution in [0, 0.1) is 11.6 Å². The second-order valence-corrected chi connectivity index (χ2v) is 4.88. The third-order valence-electron chi connectivity index (χ3n) is 3.50. The molecule has 0 heterocycles. The smallest absolute Gasteiger partial charge is 0.256 e. The monoisotopic (exact) mass is 290 g/mol. The van der Waals surface area contributed by atoms with Crippen molar-refractivity contribution in [1.82, 2.24) is 4.90 Å². The van der Waals surface area contributed by atoms with E-state index in [4.69, 9.17) is 5.73 Å². The van der Waals surface area contributed by atoms with Gasteiger partial charge in [0.05, 0.1) is 11.6 Å². The predicted octanol–water partition coefficient (Wildman–Crippen LogP) is 3.38. The number of anilines is 1. The van der Waals surface area contributed by atoms with Gasteiger partial charge in [-0.05, 0) is 42.8 Å². The van der Waals surface area contributed by atoms with Crippen molar-refractivity contribution in [2.45, 2.75) is 13.0 Å². The molecule has 2 aromatic carbocycles. The molecule has 3 nitrogen and oxygen atoms in total. The third-order valence-corrected chi connectivity index (χ3v) is 3.50. The van der Waals surface area contributed by atoms with Crippen molar-refractivity contribution < 1.29 is 13.6 Å². The van der Waals surface area contributed by atoms with Gasteiger partial charge in [-0.2, -0.15) is 0 Å². The van der Waals surface area contributed by atoms with Crippen LogP contribution in [0.5, 0.6) is 0 Å². The molecule has 21 heavy (non-hydrogen) atoms. The molecule has 1 amide bonds. The number of carbonyl (C=O) groups excluding carboxylic acids is 1. The maximum Gasteiger partial charge on any atom is 0.256 e. The summed E-state index contributed by atoms with van der Waals surface area (Å²) < 4.78 is 26.2. The van der Waals surface area contributed by atoms with Crippen LogP contribution in [0.3, 0.4) is 0 Å². The lowest BCUT2D eigenvalue weighted by atomic mass is 10.1. The van der Waals surface area contributed by atoms with Gasteiger partial charge < -0.3 is 10.6 Å². The van der Waals surface area contributed by atoms with Crippen molar-refractivity contribution in [3.63, 3.8) is 0 Å². The van der Waals surface area contributed by atoms with E-state index in [0.717, 1.165) is 11.6 Å². The number of hydrogen-bond acceptors (Lipinski definition) is 2. The molecular weight excluding hydrogens is 274 g/mol. The highest BCUT2D eigenvalue weighted by molar-refractivity contribution is 5.99. The van der Waals surface area contributed by atoms with Crippen molar-refractivity contribution in [3.05, 3.63) is 65.2 Å². The first-order valence-electron chi connectivity index (χ1n) is 6.48. The molecule has 110 valence electrons. The lowest BCUT2D eigenvalue weighted by Gasteiger charge is -2.26. The van der Waals surface area contributed by atoms with E-state index in [1.54, 1.807) is 26.1 Å². The Morgan fingerprint density at radius 1 is 1.10 bits per heavy atom. The lowest BCUT2D eigenvalue weighted by molar-refractivity contribution is 0.0743. The minimum atomic E-state index is -0.518. The molecule has 0 fully saturated rings. The molecule has 1 atom stereocenters. The van der Waals surface area contributed by atoms with E-state index >= 15 is 0 Å². The molecule has 0 bridgehead atoms. The molecule has 0 aliphatic carbocycles. The van der Waals surface area contributed by atoms with Gasteiger partial charge in [0.15, 0.2) is 0 Å². The summed E-state index contributed by atoms with van der Waals surface area (Å²) in [6.45, 7) is 1.81. The summed E-state index contributed by atoms with van der Waals surface area (Å²) in [4.78, 5) is 13.8. The van der Waals surface area contributed by atoms with Crippen molar-refractivity contribution >= 4 is 11.6 Å². The molecule has 2 aromatic rings. The normalized spacial score (nSPS) is 12.0. The van der Waals surface area contributed by atoms with Crippen LogP contribution in [0.1, 0.15) is 28.9 Å². The summed E-state index contributed by atoms with van der Waals surface area (Å²) in [6, 6.07) is 9.28. The first-order valence-corrected chi connectivity index (χ1v) is 6.48. The summed E-state index contributed by atoms with van der Waals surface area (Å²) in [5.41, 5.74) is 6.84. The van der Waals surface area contributed by atoms with Crippen LogP contribution in [0.25, 0.3) is 0 Å². The molecule has 0 radical (unpaired) electrons. The first-order chi connectivity index (χ1) is 9.90. The van der Waals surface area contributed by atoms with Gasteiger partial charge in [-0.15, -0.1) is 0 Å². The van der Waals surface area contributed by atoms with E-state index in [0.29, 0.717) is 0 Å². The van der Waals surface area contributed by atoms with Crippen LogP contribution in [-0.4, -0.2) is 17.9 Å². The Hall–Kier alpha value is -2.43. The van der Waals surface area contributed by atoms with Crippen LogP contribution in [-0.2, 0) is 0 Å². The Balaban J connectivity index is 2.26. The number of nitrogens with zero attached hydrogens (tertiary/aromatic N) is 1. The van der Waals surface area contributed by atoms with E-state index in [-0.39, 0.29) is 29.0 Å². The standard InChI is InChI=1S/C16H16F2N2O/c1-10(11-3-5-12(17)6-4-11)20(2)16(21)14-9-13(18)7-8-15(14)19/h3-10H,19H2,1-2H3. The second kappa shape index (κ2) is 5.91. The van der Waals surface area contributed by atoms with Crippen LogP contribution in [0.4, 0.5) is 14.5 Å². The lowest BCUT2D eigenvalue weighted by Crippen LogP contribution is -2.30. The molecular formula is C16H16F2N2O. The average molecular weight is 290 g/mol. The number of nitrogen functional groups attached to an aromatic ring is 1. The number of carbonyl (C=O) groups is 1. The topological polar surface area (TPSA) is 46.3 Å². The van der Waals surface area contributed by atoms with E-state index in [1.165, 1.54) is 29.2 Å². The number of amides is 1. The fraction of sp³-hybridized carbons (Fsp3) is 0.188. The van der Waals surface area contributed by atoms with Gasteiger partial charge in [0.1, 0.15) is 11.6 Å². The van der Waals surface area contributed by atoms with Gasteiger partial charge in [-0.25, -0.2) is 8.78 Å². The summed E-state index contributed by atoms with van der Waals surface area (Å²) in [7, 11) is 1.60.